The molecule has 0 fully saturated rings. The topological polar surface area (TPSA) is 88.4 Å². The Morgan fingerprint density at radius 1 is 0.909 bits per heavy atom. The SMILES string of the molecule is CCCCCCOC(=O)c1ccc(NC(=O)/C(C#N)=C/c2ccc(OCCCC)cc2)cc1. The minimum absolute atomic E-state index is 0.0229. The molecule has 0 heterocycles. The van der Waals surface area contributed by atoms with E-state index in [0.717, 1.165) is 49.8 Å². The highest BCUT2D eigenvalue weighted by Gasteiger charge is 2.11. The van der Waals surface area contributed by atoms with Crippen LogP contribution in [0.15, 0.2) is 54.1 Å². The van der Waals surface area contributed by atoms with E-state index in [-0.39, 0.29) is 11.5 Å². The third kappa shape index (κ3) is 9.20. The lowest BCUT2D eigenvalue weighted by Gasteiger charge is -2.07. The van der Waals surface area contributed by atoms with Crippen molar-refractivity contribution in [3.8, 4) is 11.8 Å². The molecule has 0 radical (unpaired) electrons. The molecule has 0 saturated heterocycles. The Balaban J connectivity index is 1.91. The molecule has 0 bridgehead atoms. The molecule has 1 amide bonds. The van der Waals surface area contributed by atoms with Gasteiger partial charge in [0.05, 0.1) is 18.8 Å². The van der Waals surface area contributed by atoms with Gasteiger partial charge in [0.25, 0.3) is 5.91 Å². The van der Waals surface area contributed by atoms with Gasteiger partial charge in [-0.15, -0.1) is 0 Å². The number of rotatable bonds is 13. The number of ether oxygens (including phenoxy) is 2. The van der Waals surface area contributed by atoms with Gasteiger partial charge in [-0.25, -0.2) is 4.79 Å². The summed E-state index contributed by atoms with van der Waals surface area (Å²) in [6.45, 7) is 5.29. The van der Waals surface area contributed by atoms with E-state index in [2.05, 4.69) is 19.2 Å². The summed E-state index contributed by atoms with van der Waals surface area (Å²) in [6, 6.07) is 15.6. The average Bonchev–Trinajstić information content (AvgIpc) is 2.83. The Labute approximate surface area is 196 Å². The molecule has 0 atom stereocenters. The lowest BCUT2D eigenvalue weighted by Crippen LogP contribution is -2.13. The second-order valence-corrected chi connectivity index (χ2v) is 7.67. The molecule has 2 aromatic carbocycles. The summed E-state index contributed by atoms with van der Waals surface area (Å²) in [5, 5.41) is 12.1. The molecule has 0 aliphatic heterocycles. The van der Waals surface area contributed by atoms with Crippen LogP contribution < -0.4 is 10.1 Å². The van der Waals surface area contributed by atoms with Crippen molar-refractivity contribution in [1.29, 1.82) is 5.26 Å². The van der Waals surface area contributed by atoms with Gasteiger partial charge in [0.2, 0.25) is 0 Å². The maximum Gasteiger partial charge on any atom is 0.338 e. The standard InChI is InChI=1S/C27H32N2O4/c1-3-5-7-8-18-33-27(31)22-11-13-24(14-12-22)29-26(30)23(20-28)19-21-9-15-25(16-10-21)32-17-6-4-2/h9-16,19H,3-8,17-18H2,1-2H3,(H,29,30)/b23-19+. The fourth-order valence-corrected chi connectivity index (χ4v) is 2.98. The van der Waals surface area contributed by atoms with E-state index in [0.29, 0.717) is 24.5 Å². The highest BCUT2D eigenvalue weighted by atomic mass is 16.5. The summed E-state index contributed by atoms with van der Waals surface area (Å²) < 4.78 is 10.9. The molecule has 0 saturated carbocycles. The quantitative estimate of drug-likeness (QED) is 0.172. The maximum atomic E-state index is 12.5. The van der Waals surface area contributed by atoms with Crippen LogP contribution in [-0.4, -0.2) is 25.1 Å². The first kappa shape index (κ1) is 25.7. The van der Waals surface area contributed by atoms with Crippen LogP contribution in [0.2, 0.25) is 0 Å². The fourth-order valence-electron chi connectivity index (χ4n) is 2.98. The Hall–Kier alpha value is -3.59. The first-order valence-electron chi connectivity index (χ1n) is 11.5. The number of nitriles is 1. The van der Waals surface area contributed by atoms with Crippen LogP contribution >= 0.6 is 0 Å². The van der Waals surface area contributed by atoms with Crippen molar-refractivity contribution < 1.29 is 19.1 Å². The van der Waals surface area contributed by atoms with E-state index in [1.165, 1.54) is 6.08 Å². The van der Waals surface area contributed by atoms with E-state index in [9.17, 15) is 14.9 Å². The summed E-state index contributed by atoms with van der Waals surface area (Å²) in [5.41, 5.74) is 1.60. The van der Waals surface area contributed by atoms with Gasteiger partial charge in [0.15, 0.2) is 0 Å². The van der Waals surface area contributed by atoms with Crippen molar-refractivity contribution in [2.45, 2.75) is 52.4 Å². The number of nitrogens with zero attached hydrogens (tertiary/aromatic N) is 1. The van der Waals surface area contributed by atoms with E-state index in [1.54, 1.807) is 36.4 Å². The number of unbranched alkanes of at least 4 members (excludes halogenated alkanes) is 4. The average molecular weight is 449 g/mol. The third-order valence-corrected chi connectivity index (χ3v) is 4.93. The summed E-state index contributed by atoms with van der Waals surface area (Å²) in [6.07, 6.45) is 7.73. The molecule has 2 rings (SSSR count). The normalized spacial score (nSPS) is 10.9. The molecule has 33 heavy (non-hydrogen) atoms. The van der Waals surface area contributed by atoms with Crippen LogP contribution in [0.5, 0.6) is 5.75 Å². The van der Waals surface area contributed by atoms with Crippen molar-refractivity contribution in [3.63, 3.8) is 0 Å². The number of anilines is 1. The highest BCUT2D eigenvalue weighted by Crippen LogP contribution is 2.17. The monoisotopic (exact) mass is 448 g/mol. The highest BCUT2D eigenvalue weighted by molar-refractivity contribution is 6.09. The summed E-state index contributed by atoms with van der Waals surface area (Å²) in [7, 11) is 0. The number of benzene rings is 2. The van der Waals surface area contributed by atoms with Crippen LogP contribution in [0, 0.1) is 11.3 Å². The van der Waals surface area contributed by atoms with Gasteiger partial charge in [0, 0.05) is 5.69 Å². The Morgan fingerprint density at radius 2 is 1.61 bits per heavy atom. The van der Waals surface area contributed by atoms with Crippen LogP contribution in [0.4, 0.5) is 5.69 Å². The van der Waals surface area contributed by atoms with Gasteiger partial charge in [0.1, 0.15) is 17.4 Å². The molecular weight excluding hydrogens is 416 g/mol. The van der Waals surface area contributed by atoms with Gasteiger partial charge in [-0.3, -0.25) is 4.79 Å². The molecule has 6 nitrogen and oxygen atoms in total. The van der Waals surface area contributed by atoms with Crippen LogP contribution in [0.1, 0.15) is 68.3 Å². The third-order valence-electron chi connectivity index (χ3n) is 4.93. The zero-order chi connectivity index (χ0) is 23.9. The van der Waals surface area contributed by atoms with Crippen molar-refractivity contribution >= 4 is 23.6 Å². The summed E-state index contributed by atoms with van der Waals surface area (Å²) in [5.74, 6) is -0.153. The van der Waals surface area contributed by atoms with E-state index in [4.69, 9.17) is 9.47 Å². The van der Waals surface area contributed by atoms with Crippen LogP contribution in [0.3, 0.4) is 0 Å². The predicted octanol–water partition coefficient (Wildman–Crippen LogP) is 6.15. The van der Waals surface area contributed by atoms with Crippen molar-refractivity contribution in [2.75, 3.05) is 18.5 Å². The summed E-state index contributed by atoms with van der Waals surface area (Å²) in [4.78, 5) is 24.6. The molecular formula is C27H32N2O4. The Bertz CT molecular complexity index is 957. The number of esters is 1. The number of hydrogen-bond donors (Lipinski definition) is 1. The lowest BCUT2D eigenvalue weighted by molar-refractivity contribution is -0.112. The number of hydrogen-bond acceptors (Lipinski definition) is 5. The molecule has 0 unspecified atom stereocenters. The number of carbonyl (C=O) groups is 2. The largest absolute Gasteiger partial charge is 0.494 e. The minimum atomic E-state index is -0.521. The van der Waals surface area contributed by atoms with Gasteiger partial charge in [-0.1, -0.05) is 51.7 Å². The maximum absolute atomic E-state index is 12.5. The molecule has 0 spiro atoms. The zero-order valence-electron chi connectivity index (χ0n) is 19.4. The van der Waals surface area contributed by atoms with E-state index >= 15 is 0 Å². The second-order valence-electron chi connectivity index (χ2n) is 7.67. The molecule has 2 aromatic rings. The second kappa shape index (κ2) is 14.5. The molecule has 0 aromatic heterocycles. The first-order chi connectivity index (χ1) is 16.1. The first-order valence-corrected chi connectivity index (χ1v) is 11.5. The predicted molar refractivity (Wildman–Crippen MR) is 130 cm³/mol. The number of amides is 1. The Morgan fingerprint density at radius 3 is 2.24 bits per heavy atom. The molecule has 174 valence electrons. The van der Waals surface area contributed by atoms with Crippen molar-refractivity contribution in [2.24, 2.45) is 0 Å². The molecule has 0 aliphatic rings. The lowest BCUT2D eigenvalue weighted by atomic mass is 10.1. The molecule has 1 N–H and O–H groups in total. The van der Waals surface area contributed by atoms with Gasteiger partial charge >= 0.3 is 5.97 Å². The van der Waals surface area contributed by atoms with Crippen LogP contribution in [0.25, 0.3) is 6.08 Å². The van der Waals surface area contributed by atoms with E-state index < -0.39 is 5.91 Å². The number of nitrogens with one attached hydrogen (secondary N) is 1. The number of carbonyl (C=O) groups excluding carboxylic acids is 2. The van der Waals surface area contributed by atoms with E-state index in [1.807, 2.05) is 18.2 Å². The molecule has 6 heteroatoms. The zero-order valence-corrected chi connectivity index (χ0v) is 19.4. The molecule has 0 aliphatic carbocycles. The van der Waals surface area contributed by atoms with Gasteiger partial charge < -0.3 is 14.8 Å². The van der Waals surface area contributed by atoms with Gasteiger partial charge in [-0.05, 0) is 60.9 Å². The fraction of sp³-hybridized carbons (Fsp3) is 0.370. The Kier molecular flexibility index (Phi) is 11.3. The van der Waals surface area contributed by atoms with Crippen molar-refractivity contribution in [3.05, 3.63) is 65.2 Å². The minimum Gasteiger partial charge on any atom is -0.494 e. The summed E-state index contributed by atoms with van der Waals surface area (Å²) >= 11 is 0. The van der Waals surface area contributed by atoms with Crippen molar-refractivity contribution in [1.82, 2.24) is 0 Å². The smallest absolute Gasteiger partial charge is 0.338 e. The van der Waals surface area contributed by atoms with Gasteiger partial charge in [-0.2, -0.15) is 5.26 Å². The van der Waals surface area contributed by atoms with Crippen LogP contribution in [-0.2, 0) is 9.53 Å².